The van der Waals surface area contributed by atoms with Gasteiger partial charge in [0.1, 0.15) is 11.3 Å². The summed E-state index contributed by atoms with van der Waals surface area (Å²) in [6.45, 7) is 3.68. The van der Waals surface area contributed by atoms with Gasteiger partial charge in [-0.1, -0.05) is 9.24 Å². The van der Waals surface area contributed by atoms with E-state index in [1.165, 1.54) is 32.3 Å². The van der Waals surface area contributed by atoms with Gasteiger partial charge in [-0.15, -0.1) is 0 Å². The molecule has 0 spiro atoms. The third-order valence-corrected chi connectivity index (χ3v) is 3.72. The predicted octanol–water partition coefficient (Wildman–Crippen LogP) is 3.05. The third-order valence-electron chi connectivity index (χ3n) is 3.38. The highest BCUT2D eigenvalue weighted by atomic mass is 31.0. The number of nitrogens with zero attached hydrogens (tertiary/aromatic N) is 2. The maximum atomic E-state index is 13.4. The van der Waals surface area contributed by atoms with Crippen LogP contribution in [0, 0.1) is 6.92 Å². The molecule has 1 aromatic carbocycles. The molecule has 23 heavy (non-hydrogen) atoms. The number of ether oxygens (including phenoxy) is 1. The molecule has 0 aliphatic rings. The molecule has 1 atom stereocenters. The summed E-state index contributed by atoms with van der Waals surface area (Å²) >= 11 is 0. The second-order valence-corrected chi connectivity index (χ2v) is 5.71. The minimum absolute atomic E-state index is 0.0612. The Morgan fingerprint density at radius 2 is 2.17 bits per heavy atom. The second-order valence-electron chi connectivity index (χ2n) is 4.99. The average molecular weight is 342 g/mol. The standard InChI is InChI=1S/C15H17F2N2O3P/c1-3-22-14(21)12-7-18-19(9(12)2)8-10-6-11(15(16,17)23)4-5-13(10)20/h4-7,20H,3,8,23H2,1-2H3. The quantitative estimate of drug-likeness (QED) is 0.670. The van der Waals surface area contributed by atoms with Crippen LogP contribution in [-0.2, 0) is 16.9 Å². The summed E-state index contributed by atoms with van der Waals surface area (Å²) in [6.07, 6.45) is 1.36. The Morgan fingerprint density at radius 1 is 1.48 bits per heavy atom. The first-order valence-corrected chi connectivity index (χ1v) is 7.50. The summed E-state index contributed by atoms with van der Waals surface area (Å²) in [7, 11) is 1.46. The number of benzene rings is 1. The highest BCUT2D eigenvalue weighted by Gasteiger charge is 2.25. The van der Waals surface area contributed by atoms with Crippen LogP contribution >= 0.6 is 9.24 Å². The van der Waals surface area contributed by atoms with Gasteiger partial charge in [-0.3, -0.25) is 4.68 Å². The van der Waals surface area contributed by atoms with Crippen LogP contribution in [0.3, 0.4) is 0 Å². The van der Waals surface area contributed by atoms with Crippen LogP contribution in [0.15, 0.2) is 24.4 Å². The molecule has 0 fully saturated rings. The SMILES string of the molecule is CCOC(=O)c1cnn(Cc2cc(C(F)(F)P)ccc2O)c1C. The molecule has 1 N–H and O–H groups in total. The summed E-state index contributed by atoms with van der Waals surface area (Å²) < 4.78 is 33.1. The van der Waals surface area contributed by atoms with Crippen molar-refractivity contribution in [3.8, 4) is 5.75 Å². The number of phenolic OH excluding ortho intramolecular Hbond substituents is 1. The zero-order valence-corrected chi connectivity index (χ0v) is 13.9. The molecular weight excluding hydrogens is 325 g/mol. The maximum absolute atomic E-state index is 13.4. The Balaban J connectivity index is 2.31. The molecule has 2 rings (SSSR count). The fourth-order valence-electron chi connectivity index (χ4n) is 2.10. The number of halogens is 2. The van der Waals surface area contributed by atoms with Gasteiger partial charge in [-0.2, -0.15) is 13.9 Å². The Kier molecular flexibility index (Phi) is 5.00. The second kappa shape index (κ2) is 6.62. The molecule has 1 heterocycles. The number of aromatic nitrogens is 2. The van der Waals surface area contributed by atoms with Crippen molar-refractivity contribution in [3.05, 3.63) is 46.8 Å². The lowest BCUT2D eigenvalue weighted by Crippen LogP contribution is -2.09. The van der Waals surface area contributed by atoms with Crippen molar-refractivity contribution >= 4 is 15.2 Å². The van der Waals surface area contributed by atoms with Crippen LogP contribution in [0.4, 0.5) is 8.78 Å². The normalized spacial score (nSPS) is 11.5. The zero-order valence-electron chi connectivity index (χ0n) is 12.7. The minimum atomic E-state index is -3.09. The fraction of sp³-hybridized carbons (Fsp3) is 0.333. The summed E-state index contributed by atoms with van der Waals surface area (Å²) in [4.78, 5) is 11.8. The highest BCUT2D eigenvalue weighted by Crippen LogP contribution is 2.36. The molecule has 8 heteroatoms. The molecule has 0 radical (unpaired) electrons. The van der Waals surface area contributed by atoms with E-state index in [-0.39, 0.29) is 30.0 Å². The van der Waals surface area contributed by atoms with E-state index in [0.29, 0.717) is 11.3 Å². The topological polar surface area (TPSA) is 64.3 Å². The fourth-order valence-corrected chi connectivity index (χ4v) is 2.28. The summed E-state index contributed by atoms with van der Waals surface area (Å²) in [6, 6.07) is 3.59. The lowest BCUT2D eigenvalue weighted by Gasteiger charge is -2.14. The zero-order chi connectivity index (χ0) is 17.2. The number of alkyl halides is 2. The number of hydrogen-bond acceptors (Lipinski definition) is 4. The van der Waals surface area contributed by atoms with E-state index in [1.807, 2.05) is 0 Å². The molecule has 0 saturated heterocycles. The van der Waals surface area contributed by atoms with E-state index in [4.69, 9.17) is 4.74 Å². The van der Waals surface area contributed by atoms with Gasteiger partial charge in [0.2, 0.25) is 0 Å². The maximum Gasteiger partial charge on any atom is 0.341 e. The van der Waals surface area contributed by atoms with Crippen LogP contribution in [0.2, 0.25) is 0 Å². The predicted molar refractivity (Wildman–Crippen MR) is 83.7 cm³/mol. The van der Waals surface area contributed by atoms with Gasteiger partial charge in [-0.25, -0.2) is 4.79 Å². The molecule has 0 aliphatic heterocycles. The van der Waals surface area contributed by atoms with Crippen molar-refractivity contribution < 1.29 is 23.4 Å². The number of carbonyl (C=O) groups excluding carboxylic acids is 1. The molecule has 0 aliphatic carbocycles. The van der Waals surface area contributed by atoms with E-state index >= 15 is 0 Å². The lowest BCUT2D eigenvalue weighted by atomic mass is 10.1. The summed E-state index contributed by atoms with van der Waals surface area (Å²) in [5.41, 5.74) is -2.20. The monoisotopic (exact) mass is 342 g/mol. The molecule has 0 bridgehead atoms. The number of rotatable bonds is 5. The lowest BCUT2D eigenvalue weighted by molar-refractivity contribution is 0.0525. The van der Waals surface area contributed by atoms with E-state index in [2.05, 4.69) is 5.10 Å². The Hall–Kier alpha value is -2.01. The largest absolute Gasteiger partial charge is 0.508 e. The van der Waals surface area contributed by atoms with Crippen LogP contribution in [0.25, 0.3) is 0 Å². The van der Waals surface area contributed by atoms with Gasteiger partial charge < -0.3 is 9.84 Å². The molecule has 2 aromatic rings. The number of carbonyl (C=O) groups is 1. The van der Waals surface area contributed by atoms with Gasteiger partial charge in [0.25, 0.3) is 5.66 Å². The van der Waals surface area contributed by atoms with E-state index in [9.17, 15) is 18.7 Å². The molecule has 0 saturated carbocycles. The van der Waals surface area contributed by atoms with E-state index in [0.717, 1.165) is 6.07 Å². The molecule has 1 aromatic heterocycles. The molecule has 5 nitrogen and oxygen atoms in total. The molecule has 124 valence electrons. The summed E-state index contributed by atoms with van der Waals surface area (Å²) in [5.74, 6) is -0.610. The highest BCUT2D eigenvalue weighted by molar-refractivity contribution is 7.17. The molecular formula is C15H17F2N2O3P. The first kappa shape index (κ1) is 17.3. The average Bonchev–Trinajstić information content (AvgIpc) is 2.81. The van der Waals surface area contributed by atoms with Crippen LogP contribution in [0.5, 0.6) is 5.75 Å². The van der Waals surface area contributed by atoms with Crippen molar-refractivity contribution in [3.63, 3.8) is 0 Å². The van der Waals surface area contributed by atoms with E-state index < -0.39 is 11.6 Å². The minimum Gasteiger partial charge on any atom is -0.508 e. The van der Waals surface area contributed by atoms with Crippen LogP contribution < -0.4 is 0 Å². The first-order chi connectivity index (χ1) is 10.7. The van der Waals surface area contributed by atoms with Crippen molar-refractivity contribution in [2.45, 2.75) is 26.1 Å². The van der Waals surface area contributed by atoms with Gasteiger partial charge in [0, 0.05) is 11.1 Å². The number of hydrogen-bond donors (Lipinski definition) is 1. The Bertz CT molecular complexity index is 726. The van der Waals surface area contributed by atoms with Crippen molar-refractivity contribution in [1.82, 2.24) is 9.78 Å². The molecule has 0 amide bonds. The Morgan fingerprint density at radius 3 is 2.78 bits per heavy atom. The van der Waals surface area contributed by atoms with Gasteiger partial charge >= 0.3 is 5.97 Å². The van der Waals surface area contributed by atoms with Crippen LogP contribution in [0.1, 0.15) is 34.1 Å². The van der Waals surface area contributed by atoms with Gasteiger partial charge in [0.05, 0.1) is 25.0 Å². The summed E-state index contributed by atoms with van der Waals surface area (Å²) in [5, 5.41) is 13.9. The number of aromatic hydroxyl groups is 1. The van der Waals surface area contributed by atoms with Gasteiger partial charge in [-0.05, 0) is 32.0 Å². The van der Waals surface area contributed by atoms with Crippen LogP contribution in [-0.4, -0.2) is 27.5 Å². The third kappa shape index (κ3) is 3.85. The van der Waals surface area contributed by atoms with E-state index in [1.54, 1.807) is 13.8 Å². The number of esters is 1. The smallest absolute Gasteiger partial charge is 0.341 e. The van der Waals surface area contributed by atoms with Crippen molar-refractivity contribution in [2.75, 3.05) is 6.61 Å². The Labute approximate surface area is 134 Å². The van der Waals surface area contributed by atoms with Gasteiger partial charge in [0.15, 0.2) is 0 Å². The van der Waals surface area contributed by atoms with Crippen molar-refractivity contribution in [1.29, 1.82) is 0 Å². The van der Waals surface area contributed by atoms with Crippen molar-refractivity contribution in [2.24, 2.45) is 0 Å². The molecule has 1 unspecified atom stereocenters. The first-order valence-electron chi connectivity index (χ1n) is 6.92. The number of phenols is 1.